The molecule has 0 aliphatic heterocycles. The number of hydrogen-bond donors (Lipinski definition) is 0. The summed E-state index contributed by atoms with van der Waals surface area (Å²) >= 11 is 0. The standard InChI is InChI=1S/C44H40O6P2/c1-5-49-43(45)35-27-29-37(47-3)39(41(35)51(31-19-11-7-12-20-31)32-21-13-8-14-22-32)40-38(48-4)30-28-36(44(46)50-6-2)42(40)52(33-23-15-9-16-24-33)34-25-17-10-18-26-34/h7-30H,5-6H2,1-4H3. The highest BCUT2D eigenvalue weighted by molar-refractivity contribution is 7.81. The van der Waals surface area contributed by atoms with Crippen molar-refractivity contribution in [2.45, 2.75) is 13.8 Å². The van der Waals surface area contributed by atoms with E-state index in [1.807, 2.05) is 84.9 Å². The van der Waals surface area contributed by atoms with Crippen molar-refractivity contribution in [3.8, 4) is 22.6 Å². The summed E-state index contributed by atoms with van der Waals surface area (Å²) in [5, 5.41) is 5.58. The van der Waals surface area contributed by atoms with Gasteiger partial charge in [0.05, 0.1) is 38.6 Å². The quantitative estimate of drug-likeness (QED) is 0.0924. The molecule has 0 unspecified atom stereocenters. The van der Waals surface area contributed by atoms with Crippen LogP contribution in [0.2, 0.25) is 0 Å². The number of carbonyl (C=O) groups excluding carboxylic acids is 2. The van der Waals surface area contributed by atoms with Crippen LogP contribution >= 0.6 is 15.8 Å². The molecule has 6 rings (SSSR count). The van der Waals surface area contributed by atoms with Crippen LogP contribution in [0.3, 0.4) is 0 Å². The number of esters is 2. The fraction of sp³-hybridized carbons (Fsp3) is 0.136. The Morgan fingerprint density at radius 3 is 0.981 bits per heavy atom. The Kier molecular flexibility index (Phi) is 12.1. The number of rotatable bonds is 13. The third-order valence-corrected chi connectivity index (χ3v) is 13.5. The summed E-state index contributed by atoms with van der Waals surface area (Å²) in [6.07, 6.45) is 0. The SMILES string of the molecule is CCOC(=O)c1ccc(OC)c(-c2c(OC)ccc(C(=O)OCC)c2P(c2ccccc2)c2ccccc2)c1P(c1ccccc1)c1ccccc1. The first-order valence-electron chi connectivity index (χ1n) is 17.1. The number of hydrogen-bond acceptors (Lipinski definition) is 6. The maximum Gasteiger partial charge on any atom is 0.338 e. The molecule has 0 N–H and O–H groups in total. The van der Waals surface area contributed by atoms with Crippen LogP contribution in [0.4, 0.5) is 0 Å². The minimum atomic E-state index is -1.41. The van der Waals surface area contributed by atoms with Gasteiger partial charge in [-0.15, -0.1) is 0 Å². The van der Waals surface area contributed by atoms with E-state index in [0.717, 1.165) is 31.8 Å². The first kappa shape index (κ1) is 36.5. The molecule has 0 radical (unpaired) electrons. The van der Waals surface area contributed by atoms with E-state index < -0.39 is 27.8 Å². The van der Waals surface area contributed by atoms with Crippen molar-refractivity contribution in [1.29, 1.82) is 0 Å². The zero-order chi connectivity index (χ0) is 36.5. The molecule has 6 aromatic rings. The van der Waals surface area contributed by atoms with Crippen molar-refractivity contribution in [3.63, 3.8) is 0 Å². The highest BCUT2D eigenvalue weighted by atomic mass is 31.1. The second-order valence-corrected chi connectivity index (χ2v) is 15.8. The smallest absolute Gasteiger partial charge is 0.338 e. The highest BCUT2D eigenvalue weighted by Gasteiger charge is 2.36. The van der Waals surface area contributed by atoms with Gasteiger partial charge in [-0.25, -0.2) is 9.59 Å². The summed E-state index contributed by atoms with van der Waals surface area (Å²) in [5.41, 5.74) is 2.14. The maximum absolute atomic E-state index is 14.1. The Labute approximate surface area is 307 Å². The lowest BCUT2D eigenvalue weighted by atomic mass is 9.98. The highest BCUT2D eigenvalue weighted by Crippen LogP contribution is 2.48. The molecular weight excluding hydrogens is 686 g/mol. The van der Waals surface area contributed by atoms with E-state index in [4.69, 9.17) is 18.9 Å². The molecule has 0 saturated carbocycles. The van der Waals surface area contributed by atoms with Crippen molar-refractivity contribution in [2.24, 2.45) is 0 Å². The lowest BCUT2D eigenvalue weighted by molar-refractivity contribution is 0.0518. The van der Waals surface area contributed by atoms with E-state index in [0.29, 0.717) is 33.8 Å². The molecule has 6 aromatic carbocycles. The maximum atomic E-state index is 14.1. The summed E-state index contributed by atoms with van der Waals surface area (Å²) < 4.78 is 24.0. The van der Waals surface area contributed by atoms with Crippen LogP contribution in [-0.2, 0) is 9.47 Å². The molecule has 0 atom stereocenters. The lowest BCUT2D eigenvalue weighted by Crippen LogP contribution is -2.32. The molecule has 0 aliphatic rings. The van der Waals surface area contributed by atoms with Crippen LogP contribution in [0.25, 0.3) is 11.1 Å². The van der Waals surface area contributed by atoms with Crippen LogP contribution < -0.4 is 41.3 Å². The van der Waals surface area contributed by atoms with E-state index in [-0.39, 0.29) is 13.2 Å². The van der Waals surface area contributed by atoms with Crippen LogP contribution in [0.5, 0.6) is 11.5 Å². The van der Waals surface area contributed by atoms with E-state index in [1.165, 1.54) is 0 Å². The summed E-state index contributed by atoms with van der Waals surface area (Å²) in [6.45, 7) is 4.01. The number of benzene rings is 6. The van der Waals surface area contributed by atoms with Gasteiger partial charge in [0.2, 0.25) is 0 Å². The first-order chi connectivity index (χ1) is 25.5. The first-order valence-corrected chi connectivity index (χ1v) is 19.8. The predicted molar refractivity (Wildman–Crippen MR) is 214 cm³/mol. The monoisotopic (exact) mass is 726 g/mol. The number of carbonyl (C=O) groups is 2. The van der Waals surface area contributed by atoms with Gasteiger partial charge in [-0.2, -0.15) is 0 Å². The average Bonchev–Trinajstić information content (AvgIpc) is 3.19. The summed E-state index contributed by atoms with van der Waals surface area (Å²) in [5.74, 6) is 0.158. The molecule has 0 aromatic heterocycles. The average molecular weight is 727 g/mol. The number of ether oxygens (including phenoxy) is 4. The normalized spacial score (nSPS) is 11.0. The van der Waals surface area contributed by atoms with Crippen LogP contribution in [0.15, 0.2) is 146 Å². The molecule has 6 nitrogen and oxygen atoms in total. The largest absolute Gasteiger partial charge is 0.496 e. The van der Waals surface area contributed by atoms with Gasteiger partial charge in [0.25, 0.3) is 0 Å². The van der Waals surface area contributed by atoms with Crippen LogP contribution in [-0.4, -0.2) is 39.4 Å². The summed E-state index contributed by atoms with van der Waals surface area (Å²) in [6, 6.07) is 47.9. The molecule has 0 amide bonds. The minimum absolute atomic E-state index is 0.203. The van der Waals surface area contributed by atoms with Crippen molar-refractivity contribution < 1.29 is 28.5 Å². The Bertz CT molecular complexity index is 1890. The van der Waals surface area contributed by atoms with Crippen molar-refractivity contribution in [2.75, 3.05) is 27.4 Å². The van der Waals surface area contributed by atoms with Gasteiger partial charge in [-0.05, 0) is 75.2 Å². The van der Waals surface area contributed by atoms with Crippen LogP contribution in [0, 0.1) is 0 Å². The Morgan fingerprint density at radius 1 is 0.442 bits per heavy atom. The zero-order valence-corrected chi connectivity index (χ0v) is 31.4. The van der Waals surface area contributed by atoms with E-state index in [2.05, 4.69) is 48.5 Å². The van der Waals surface area contributed by atoms with E-state index >= 15 is 0 Å². The molecule has 52 heavy (non-hydrogen) atoms. The summed E-state index contributed by atoms with van der Waals surface area (Å²) in [7, 11) is 0.425. The third-order valence-electron chi connectivity index (χ3n) is 8.46. The van der Waals surface area contributed by atoms with Gasteiger partial charge >= 0.3 is 11.9 Å². The molecule has 0 aliphatic carbocycles. The fourth-order valence-electron chi connectivity index (χ4n) is 6.30. The molecule has 8 heteroatoms. The molecule has 0 spiro atoms. The van der Waals surface area contributed by atoms with Crippen molar-refractivity contribution >= 4 is 59.6 Å². The fourth-order valence-corrected chi connectivity index (χ4v) is 11.5. The lowest BCUT2D eigenvalue weighted by Gasteiger charge is -2.30. The van der Waals surface area contributed by atoms with Crippen LogP contribution in [0.1, 0.15) is 34.6 Å². The molecule has 0 saturated heterocycles. The molecule has 0 bridgehead atoms. The Hall–Kier alpha value is -5.28. The second-order valence-electron chi connectivity index (χ2n) is 11.5. The second kappa shape index (κ2) is 17.3. The van der Waals surface area contributed by atoms with E-state index in [1.54, 1.807) is 40.2 Å². The Morgan fingerprint density at radius 2 is 0.731 bits per heavy atom. The van der Waals surface area contributed by atoms with Gasteiger partial charge in [0.1, 0.15) is 11.5 Å². The molecule has 0 fully saturated rings. The van der Waals surface area contributed by atoms with Gasteiger partial charge in [-0.1, -0.05) is 121 Å². The topological polar surface area (TPSA) is 71.1 Å². The van der Waals surface area contributed by atoms with Gasteiger partial charge in [0, 0.05) is 21.7 Å². The third kappa shape index (κ3) is 7.51. The Balaban J connectivity index is 1.86. The molecular formula is C44H40O6P2. The van der Waals surface area contributed by atoms with Gasteiger partial charge in [-0.3, -0.25) is 0 Å². The minimum Gasteiger partial charge on any atom is -0.496 e. The van der Waals surface area contributed by atoms with Crippen molar-refractivity contribution in [1.82, 2.24) is 0 Å². The van der Waals surface area contributed by atoms with E-state index in [9.17, 15) is 9.59 Å². The van der Waals surface area contributed by atoms with Gasteiger partial charge in [0.15, 0.2) is 0 Å². The molecule has 0 heterocycles. The summed E-state index contributed by atoms with van der Waals surface area (Å²) in [4.78, 5) is 28.3. The van der Waals surface area contributed by atoms with Gasteiger partial charge < -0.3 is 18.9 Å². The predicted octanol–water partition coefficient (Wildman–Crippen LogP) is 7.24. The zero-order valence-electron chi connectivity index (χ0n) is 29.6. The number of methoxy groups -OCH3 is 2. The van der Waals surface area contributed by atoms with Crippen molar-refractivity contribution in [3.05, 3.63) is 157 Å². The molecule has 262 valence electrons.